The molecule has 0 bridgehead atoms. The maximum atomic E-state index is 6.38. The number of aryl methyl sites for hydroxylation is 2. The molecule has 0 saturated carbocycles. The van der Waals surface area contributed by atoms with E-state index in [-0.39, 0.29) is 11.6 Å². The summed E-state index contributed by atoms with van der Waals surface area (Å²) in [5, 5.41) is 4.66. The van der Waals surface area contributed by atoms with Gasteiger partial charge in [0, 0.05) is 18.7 Å². The molecule has 2 aliphatic heterocycles. The summed E-state index contributed by atoms with van der Waals surface area (Å²) in [6.45, 7) is 9.82. The summed E-state index contributed by atoms with van der Waals surface area (Å²) in [6, 6.07) is 26.0. The minimum atomic E-state index is -0.138. The molecule has 3 heteroatoms. The van der Waals surface area contributed by atoms with E-state index < -0.39 is 0 Å². The lowest BCUT2D eigenvalue weighted by Gasteiger charge is -2.43. The highest BCUT2D eigenvalue weighted by Gasteiger charge is 2.57. The van der Waals surface area contributed by atoms with Crippen molar-refractivity contribution in [1.82, 2.24) is 0 Å². The SMILES string of the molecule is Cc1ccc(C)c(CN2c3ccccc3[C@@]3(C(C)C)CC(c4ccccc4)=NO[C@H]23)c1. The quantitative estimate of drug-likeness (QED) is 0.499. The number of nitrogens with zero attached hydrogens (tertiary/aromatic N) is 2. The second kappa shape index (κ2) is 7.56. The van der Waals surface area contributed by atoms with Crippen molar-refractivity contribution in [3.05, 3.63) is 101 Å². The van der Waals surface area contributed by atoms with Crippen LogP contribution in [0, 0.1) is 19.8 Å². The first kappa shape index (κ1) is 19.9. The summed E-state index contributed by atoms with van der Waals surface area (Å²) in [5.74, 6) is 0.400. The minimum absolute atomic E-state index is 0.114. The third-order valence-corrected chi connectivity index (χ3v) is 7.14. The largest absolute Gasteiger partial charge is 0.369 e. The molecule has 0 saturated heterocycles. The first-order chi connectivity index (χ1) is 15.0. The average molecular weight is 411 g/mol. The van der Waals surface area contributed by atoms with E-state index >= 15 is 0 Å². The monoisotopic (exact) mass is 410 g/mol. The van der Waals surface area contributed by atoms with E-state index in [9.17, 15) is 0 Å². The number of rotatable bonds is 4. The van der Waals surface area contributed by atoms with Gasteiger partial charge in [-0.1, -0.05) is 91.3 Å². The van der Waals surface area contributed by atoms with Crippen LogP contribution in [0.15, 0.2) is 78.0 Å². The third kappa shape index (κ3) is 3.15. The zero-order valence-electron chi connectivity index (χ0n) is 18.8. The van der Waals surface area contributed by atoms with E-state index in [2.05, 4.69) is 104 Å². The standard InChI is InChI=1S/C28H30N2O/c1-19(2)28-17-25(22-10-6-5-7-11-22)29-31-27(28)30(26-13-9-8-12-24(26)28)18-23-16-20(3)14-15-21(23)4/h5-16,19,27H,17-18H2,1-4H3/t27-,28-/m0/s1. The fourth-order valence-electron chi connectivity index (χ4n) is 5.32. The van der Waals surface area contributed by atoms with Crippen LogP contribution < -0.4 is 4.90 Å². The zero-order chi connectivity index (χ0) is 21.6. The van der Waals surface area contributed by atoms with E-state index in [1.165, 1.54) is 27.9 Å². The molecule has 0 unspecified atom stereocenters. The van der Waals surface area contributed by atoms with Crippen molar-refractivity contribution in [1.29, 1.82) is 0 Å². The number of hydrogen-bond donors (Lipinski definition) is 0. The van der Waals surface area contributed by atoms with Gasteiger partial charge in [-0.05, 0) is 48.1 Å². The van der Waals surface area contributed by atoms with Crippen molar-refractivity contribution in [2.24, 2.45) is 11.1 Å². The highest BCUT2D eigenvalue weighted by atomic mass is 16.7. The van der Waals surface area contributed by atoms with Crippen LogP contribution in [0.5, 0.6) is 0 Å². The molecule has 158 valence electrons. The number of para-hydroxylation sites is 1. The van der Waals surface area contributed by atoms with Gasteiger partial charge in [0.15, 0.2) is 0 Å². The van der Waals surface area contributed by atoms with Gasteiger partial charge in [-0.3, -0.25) is 0 Å². The number of hydrogen-bond acceptors (Lipinski definition) is 3. The molecule has 3 nitrogen and oxygen atoms in total. The van der Waals surface area contributed by atoms with E-state index in [4.69, 9.17) is 4.84 Å². The minimum Gasteiger partial charge on any atom is -0.369 e. The Hall–Kier alpha value is -3.07. The Labute approximate surface area is 185 Å². The molecule has 0 spiro atoms. The molecule has 3 aromatic carbocycles. The maximum Gasteiger partial charge on any atom is 0.210 e. The topological polar surface area (TPSA) is 24.8 Å². The van der Waals surface area contributed by atoms with E-state index in [1.807, 2.05) is 6.07 Å². The summed E-state index contributed by atoms with van der Waals surface area (Å²) in [5.41, 5.74) is 8.64. The molecule has 2 aliphatic rings. The smallest absolute Gasteiger partial charge is 0.210 e. The number of anilines is 1. The number of fused-ring (bicyclic) bond motifs is 3. The molecule has 0 amide bonds. The average Bonchev–Trinajstić information content (AvgIpc) is 3.07. The predicted molar refractivity (Wildman–Crippen MR) is 128 cm³/mol. The summed E-state index contributed by atoms with van der Waals surface area (Å²) < 4.78 is 0. The Kier molecular flexibility index (Phi) is 4.85. The van der Waals surface area contributed by atoms with Gasteiger partial charge in [-0.15, -0.1) is 0 Å². The molecule has 0 aromatic heterocycles. The van der Waals surface area contributed by atoms with Gasteiger partial charge in [0.05, 0.1) is 11.1 Å². The molecule has 0 radical (unpaired) electrons. The van der Waals surface area contributed by atoms with Crippen LogP contribution in [0.3, 0.4) is 0 Å². The fourth-order valence-corrected chi connectivity index (χ4v) is 5.32. The molecule has 5 rings (SSSR count). The lowest BCUT2D eigenvalue weighted by atomic mass is 9.67. The fraction of sp³-hybridized carbons (Fsp3) is 0.321. The Morgan fingerprint density at radius 1 is 1.00 bits per heavy atom. The summed E-state index contributed by atoms with van der Waals surface area (Å²) >= 11 is 0. The van der Waals surface area contributed by atoms with Gasteiger partial charge in [0.2, 0.25) is 6.23 Å². The van der Waals surface area contributed by atoms with Crippen LogP contribution in [0.1, 0.15) is 48.1 Å². The normalized spacial score (nSPS) is 22.0. The van der Waals surface area contributed by atoms with Gasteiger partial charge < -0.3 is 9.74 Å². The third-order valence-electron chi connectivity index (χ3n) is 7.14. The van der Waals surface area contributed by atoms with Crippen LogP contribution in [-0.4, -0.2) is 11.9 Å². The molecule has 0 N–H and O–H groups in total. The summed E-state index contributed by atoms with van der Waals surface area (Å²) in [4.78, 5) is 8.82. The lowest BCUT2D eigenvalue weighted by Crippen LogP contribution is -2.52. The molecule has 0 aliphatic carbocycles. The summed E-state index contributed by atoms with van der Waals surface area (Å²) in [7, 11) is 0. The maximum absolute atomic E-state index is 6.38. The second-order valence-corrected chi connectivity index (χ2v) is 9.31. The first-order valence-electron chi connectivity index (χ1n) is 11.2. The zero-order valence-corrected chi connectivity index (χ0v) is 18.8. The van der Waals surface area contributed by atoms with Crippen LogP contribution in [0.4, 0.5) is 5.69 Å². The van der Waals surface area contributed by atoms with Crippen molar-refractivity contribution >= 4 is 11.4 Å². The lowest BCUT2D eigenvalue weighted by molar-refractivity contribution is -0.0238. The Bertz CT molecular complexity index is 1130. The van der Waals surface area contributed by atoms with Crippen molar-refractivity contribution < 1.29 is 4.84 Å². The van der Waals surface area contributed by atoms with Crippen LogP contribution >= 0.6 is 0 Å². The Balaban J connectivity index is 1.62. The highest BCUT2D eigenvalue weighted by Crippen LogP contribution is 2.54. The molecule has 31 heavy (non-hydrogen) atoms. The Morgan fingerprint density at radius 3 is 2.52 bits per heavy atom. The van der Waals surface area contributed by atoms with Gasteiger partial charge in [-0.25, -0.2) is 0 Å². The van der Waals surface area contributed by atoms with Gasteiger partial charge in [-0.2, -0.15) is 0 Å². The van der Waals surface area contributed by atoms with Gasteiger partial charge in [0.25, 0.3) is 0 Å². The first-order valence-corrected chi connectivity index (χ1v) is 11.2. The molecule has 0 fully saturated rings. The van der Waals surface area contributed by atoms with Gasteiger partial charge >= 0.3 is 0 Å². The van der Waals surface area contributed by atoms with Gasteiger partial charge in [0.1, 0.15) is 0 Å². The van der Waals surface area contributed by atoms with E-state index in [1.54, 1.807) is 0 Å². The molecular formula is C28H30N2O. The van der Waals surface area contributed by atoms with E-state index in [0.717, 1.165) is 24.2 Å². The van der Waals surface area contributed by atoms with Crippen molar-refractivity contribution in [3.63, 3.8) is 0 Å². The van der Waals surface area contributed by atoms with Crippen LogP contribution in [0.25, 0.3) is 0 Å². The highest BCUT2D eigenvalue weighted by molar-refractivity contribution is 6.02. The van der Waals surface area contributed by atoms with Crippen molar-refractivity contribution in [2.45, 2.75) is 52.3 Å². The van der Waals surface area contributed by atoms with E-state index in [0.29, 0.717) is 5.92 Å². The van der Waals surface area contributed by atoms with Crippen LogP contribution in [0.2, 0.25) is 0 Å². The second-order valence-electron chi connectivity index (χ2n) is 9.31. The van der Waals surface area contributed by atoms with Crippen molar-refractivity contribution in [3.8, 4) is 0 Å². The molecule has 2 heterocycles. The number of benzene rings is 3. The predicted octanol–water partition coefficient (Wildman–Crippen LogP) is 6.37. The number of oxime groups is 1. The Morgan fingerprint density at radius 2 is 1.74 bits per heavy atom. The molecule has 2 atom stereocenters. The van der Waals surface area contributed by atoms with Crippen LogP contribution in [-0.2, 0) is 16.8 Å². The molecule has 3 aromatic rings. The summed E-state index contributed by atoms with van der Waals surface area (Å²) in [6.07, 6.45) is 0.761. The van der Waals surface area contributed by atoms with Crippen molar-refractivity contribution in [2.75, 3.05) is 4.90 Å². The molecular weight excluding hydrogens is 380 g/mol.